The van der Waals surface area contributed by atoms with Crippen molar-refractivity contribution in [1.82, 2.24) is 5.32 Å². The molecule has 0 unspecified atom stereocenters. The quantitative estimate of drug-likeness (QED) is 0.634. The summed E-state index contributed by atoms with van der Waals surface area (Å²) >= 11 is 0. The van der Waals surface area contributed by atoms with Crippen molar-refractivity contribution >= 4 is 21.4 Å². The lowest BCUT2D eigenvalue weighted by atomic mass is 10.1. The number of alkyl halides is 3. The molecule has 0 radical (unpaired) electrons. The molecule has 0 aliphatic carbocycles. The molecule has 0 fully saturated rings. The van der Waals surface area contributed by atoms with Crippen molar-refractivity contribution in [2.75, 3.05) is 24.3 Å². The number of amides is 1. The number of nitrogens with one attached hydrogen (secondary N) is 1. The summed E-state index contributed by atoms with van der Waals surface area (Å²) in [7, 11) is -3.15. The molecule has 0 aliphatic heterocycles. The van der Waals surface area contributed by atoms with Crippen LogP contribution in [0.4, 0.5) is 18.9 Å². The summed E-state index contributed by atoms with van der Waals surface area (Å²) in [5.74, 6) is -0.891. The third kappa shape index (κ3) is 5.62. The second-order valence-corrected chi connectivity index (χ2v) is 6.80. The van der Waals surface area contributed by atoms with Crippen LogP contribution in [0.5, 0.6) is 0 Å². The van der Waals surface area contributed by atoms with Crippen molar-refractivity contribution < 1.29 is 26.4 Å². The Kier molecular flexibility index (Phi) is 5.21. The number of carbonyl (C=O) groups excluding carboxylic acids is 1. The topological polar surface area (TPSA) is 89.3 Å². The molecular formula is C12H15F3N2O3S. The van der Waals surface area contributed by atoms with Crippen molar-refractivity contribution in [2.24, 2.45) is 0 Å². The van der Waals surface area contributed by atoms with E-state index >= 15 is 0 Å². The summed E-state index contributed by atoms with van der Waals surface area (Å²) in [5, 5.41) is 2.34. The van der Waals surface area contributed by atoms with E-state index in [0.29, 0.717) is 6.07 Å². The molecule has 0 saturated carbocycles. The maximum Gasteiger partial charge on any atom is 0.416 e. The molecule has 3 N–H and O–H groups in total. The van der Waals surface area contributed by atoms with Gasteiger partial charge in [-0.2, -0.15) is 13.2 Å². The molecule has 1 amide bonds. The number of halogens is 3. The van der Waals surface area contributed by atoms with Gasteiger partial charge in [-0.15, -0.1) is 0 Å². The Morgan fingerprint density at radius 2 is 1.95 bits per heavy atom. The van der Waals surface area contributed by atoms with Gasteiger partial charge in [-0.1, -0.05) is 0 Å². The lowest BCUT2D eigenvalue weighted by Crippen LogP contribution is -2.27. The van der Waals surface area contributed by atoms with Crippen LogP contribution in [0, 0.1) is 0 Å². The van der Waals surface area contributed by atoms with Crippen LogP contribution in [0.25, 0.3) is 0 Å². The molecule has 0 spiro atoms. The van der Waals surface area contributed by atoms with Crippen LogP contribution in [-0.2, 0) is 16.0 Å². The predicted molar refractivity (Wildman–Crippen MR) is 72.5 cm³/mol. The maximum absolute atomic E-state index is 12.6. The zero-order chi connectivity index (χ0) is 16.3. The molecule has 21 heavy (non-hydrogen) atoms. The second kappa shape index (κ2) is 6.33. The van der Waals surface area contributed by atoms with E-state index in [-0.39, 0.29) is 30.0 Å². The van der Waals surface area contributed by atoms with Crippen LogP contribution >= 0.6 is 0 Å². The van der Waals surface area contributed by atoms with E-state index in [1.54, 1.807) is 0 Å². The molecule has 0 saturated heterocycles. The summed E-state index contributed by atoms with van der Waals surface area (Å²) < 4.78 is 59.5. The van der Waals surface area contributed by atoms with Gasteiger partial charge in [-0.25, -0.2) is 8.42 Å². The standard InChI is InChI=1S/C12H15F3N2O3S/c1-21(19,20)6-2-5-17-11(18)9-7-8(12(13,14)15)3-4-10(9)16/h3-4,7H,2,5-6,16H2,1H3,(H,17,18). The highest BCUT2D eigenvalue weighted by Gasteiger charge is 2.31. The van der Waals surface area contributed by atoms with E-state index in [1.165, 1.54) is 0 Å². The first-order valence-electron chi connectivity index (χ1n) is 5.93. The summed E-state index contributed by atoms with van der Waals surface area (Å²) in [6, 6.07) is 2.46. The minimum absolute atomic E-state index is 0.0294. The minimum atomic E-state index is -4.57. The van der Waals surface area contributed by atoms with E-state index in [4.69, 9.17) is 5.73 Å². The summed E-state index contributed by atoms with van der Waals surface area (Å²) in [4.78, 5) is 11.8. The van der Waals surface area contributed by atoms with E-state index in [0.717, 1.165) is 18.4 Å². The van der Waals surface area contributed by atoms with Crippen LogP contribution < -0.4 is 11.1 Å². The van der Waals surface area contributed by atoms with Gasteiger partial charge in [0.2, 0.25) is 0 Å². The Morgan fingerprint density at radius 1 is 1.33 bits per heavy atom. The molecule has 1 aromatic carbocycles. The molecule has 5 nitrogen and oxygen atoms in total. The van der Waals surface area contributed by atoms with Gasteiger partial charge < -0.3 is 11.1 Å². The highest BCUT2D eigenvalue weighted by molar-refractivity contribution is 7.90. The van der Waals surface area contributed by atoms with Crippen molar-refractivity contribution in [3.63, 3.8) is 0 Å². The Balaban J connectivity index is 2.74. The average molecular weight is 324 g/mol. The fourth-order valence-corrected chi connectivity index (χ4v) is 2.23. The van der Waals surface area contributed by atoms with Gasteiger partial charge in [0.25, 0.3) is 5.91 Å². The number of anilines is 1. The Morgan fingerprint density at radius 3 is 2.48 bits per heavy atom. The predicted octanol–water partition coefficient (Wildman–Crippen LogP) is 1.45. The Labute approximate surface area is 120 Å². The molecule has 9 heteroatoms. The summed E-state index contributed by atoms with van der Waals surface area (Å²) in [6.45, 7) is 0.0294. The molecule has 118 valence electrons. The largest absolute Gasteiger partial charge is 0.416 e. The van der Waals surface area contributed by atoms with Crippen molar-refractivity contribution in [3.8, 4) is 0 Å². The second-order valence-electron chi connectivity index (χ2n) is 4.54. The molecule has 0 atom stereocenters. The van der Waals surface area contributed by atoms with Gasteiger partial charge >= 0.3 is 6.18 Å². The van der Waals surface area contributed by atoms with E-state index < -0.39 is 27.5 Å². The zero-order valence-electron chi connectivity index (χ0n) is 11.2. The van der Waals surface area contributed by atoms with Gasteiger partial charge in [-0.3, -0.25) is 4.79 Å². The molecular weight excluding hydrogens is 309 g/mol. The SMILES string of the molecule is CS(=O)(=O)CCCNC(=O)c1cc(C(F)(F)F)ccc1N. The number of rotatable bonds is 5. The van der Waals surface area contributed by atoms with Crippen LogP contribution in [0.2, 0.25) is 0 Å². The monoisotopic (exact) mass is 324 g/mol. The van der Waals surface area contributed by atoms with Crippen LogP contribution in [0.15, 0.2) is 18.2 Å². The number of benzene rings is 1. The van der Waals surface area contributed by atoms with Gasteiger partial charge in [-0.05, 0) is 24.6 Å². The van der Waals surface area contributed by atoms with Gasteiger partial charge in [0.1, 0.15) is 9.84 Å². The van der Waals surface area contributed by atoms with E-state index in [2.05, 4.69) is 5.32 Å². The third-order valence-electron chi connectivity index (χ3n) is 2.60. The van der Waals surface area contributed by atoms with E-state index in [9.17, 15) is 26.4 Å². The number of hydrogen-bond donors (Lipinski definition) is 2. The lowest BCUT2D eigenvalue weighted by Gasteiger charge is -2.11. The van der Waals surface area contributed by atoms with E-state index in [1.807, 2.05) is 0 Å². The van der Waals surface area contributed by atoms with Crippen molar-refractivity contribution in [2.45, 2.75) is 12.6 Å². The van der Waals surface area contributed by atoms with Crippen LogP contribution in [-0.4, -0.2) is 32.9 Å². The number of nitrogens with two attached hydrogens (primary N) is 1. The van der Waals surface area contributed by atoms with Gasteiger partial charge in [0, 0.05) is 18.5 Å². The molecule has 0 bridgehead atoms. The fourth-order valence-electron chi connectivity index (χ4n) is 1.56. The number of carbonyl (C=O) groups is 1. The van der Waals surface area contributed by atoms with Crippen LogP contribution in [0.3, 0.4) is 0 Å². The third-order valence-corrected chi connectivity index (χ3v) is 3.63. The molecule has 0 aliphatic rings. The number of nitrogen functional groups attached to an aromatic ring is 1. The number of hydrogen-bond acceptors (Lipinski definition) is 4. The lowest BCUT2D eigenvalue weighted by molar-refractivity contribution is -0.137. The highest BCUT2D eigenvalue weighted by Crippen LogP contribution is 2.31. The van der Waals surface area contributed by atoms with Gasteiger partial charge in [0.05, 0.1) is 16.9 Å². The first kappa shape index (κ1) is 17.3. The number of sulfone groups is 1. The first-order chi connectivity index (χ1) is 9.50. The van der Waals surface area contributed by atoms with Gasteiger partial charge in [0.15, 0.2) is 0 Å². The average Bonchev–Trinajstić information content (AvgIpc) is 2.32. The van der Waals surface area contributed by atoms with Crippen molar-refractivity contribution in [1.29, 1.82) is 0 Å². The molecule has 1 rings (SSSR count). The molecule has 0 heterocycles. The zero-order valence-corrected chi connectivity index (χ0v) is 12.0. The minimum Gasteiger partial charge on any atom is -0.398 e. The summed E-state index contributed by atoms with van der Waals surface area (Å²) in [5.41, 5.74) is 4.14. The maximum atomic E-state index is 12.6. The smallest absolute Gasteiger partial charge is 0.398 e. The highest BCUT2D eigenvalue weighted by atomic mass is 32.2. The fraction of sp³-hybridized carbons (Fsp3) is 0.417. The molecule has 0 aromatic heterocycles. The first-order valence-corrected chi connectivity index (χ1v) is 7.99. The summed E-state index contributed by atoms with van der Waals surface area (Å²) in [6.07, 6.45) is -3.35. The Bertz CT molecular complexity index is 627. The Hall–Kier alpha value is -1.77. The van der Waals surface area contributed by atoms with Crippen molar-refractivity contribution in [3.05, 3.63) is 29.3 Å². The van der Waals surface area contributed by atoms with Crippen LogP contribution in [0.1, 0.15) is 22.3 Å². The normalized spacial score (nSPS) is 12.2. The molecule has 1 aromatic rings.